The predicted molar refractivity (Wildman–Crippen MR) is 107 cm³/mol. The second-order valence-corrected chi connectivity index (χ2v) is 9.05. The van der Waals surface area contributed by atoms with Gasteiger partial charge in [-0.05, 0) is 62.1 Å². The van der Waals surface area contributed by atoms with E-state index in [2.05, 4.69) is 4.72 Å². The number of carbonyl (C=O) groups excluding carboxylic acids is 2. The fourth-order valence-corrected chi connectivity index (χ4v) is 4.63. The molecule has 2 aliphatic rings. The minimum absolute atomic E-state index is 0.00669. The number of amides is 1. The molecule has 2 aromatic carbocycles. The Morgan fingerprint density at radius 2 is 1.79 bits per heavy atom. The van der Waals surface area contributed by atoms with E-state index in [0.29, 0.717) is 6.54 Å². The minimum atomic E-state index is -3.58. The highest BCUT2D eigenvalue weighted by atomic mass is 32.2. The van der Waals surface area contributed by atoms with Gasteiger partial charge in [-0.2, -0.15) is 0 Å². The minimum Gasteiger partial charge on any atom is -0.449 e. The van der Waals surface area contributed by atoms with Crippen molar-refractivity contribution in [3.63, 3.8) is 0 Å². The maximum absolute atomic E-state index is 12.7. The predicted octanol–water partition coefficient (Wildman–Crippen LogP) is 2.26. The Morgan fingerprint density at radius 3 is 2.48 bits per heavy atom. The largest absolute Gasteiger partial charge is 0.449 e. The van der Waals surface area contributed by atoms with E-state index in [1.165, 1.54) is 24.3 Å². The number of rotatable bonds is 6. The molecule has 7 nitrogen and oxygen atoms in total. The van der Waals surface area contributed by atoms with Gasteiger partial charge in [-0.3, -0.25) is 4.79 Å². The number of benzene rings is 2. The fraction of sp³-hybridized carbons (Fsp3) is 0.333. The number of sulfonamides is 1. The van der Waals surface area contributed by atoms with Gasteiger partial charge >= 0.3 is 5.97 Å². The summed E-state index contributed by atoms with van der Waals surface area (Å²) in [7, 11) is -3.58. The number of anilines is 1. The van der Waals surface area contributed by atoms with Crippen molar-refractivity contribution in [2.24, 2.45) is 0 Å². The zero-order valence-electron chi connectivity index (χ0n) is 16.0. The summed E-state index contributed by atoms with van der Waals surface area (Å²) in [5.74, 6) is -0.950. The third-order valence-corrected chi connectivity index (χ3v) is 6.62. The van der Waals surface area contributed by atoms with Crippen molar-refractivity contribution in [3.8, 4) is 0 Å². The lowest BCUT2D eigenvalue weighted by molar-refractivity contribution is -0.126. The number of nitrogens with zero attached hydrogens (tertiary/aromatic N) is 1. The topological polar surface area (TPSA) is 92.8 Å². The van der Waals surface area contributed by atoms with Gasteiger partial charge in [0.05, 0.1) is 10.5 Å². The first kappa shape index (κ1) is 19.6. The Morgan fingerprint density at radius 1 is 1.10 bits per heavy atom. The van der Waals surface area contributed by atoms with Gasteiger partial charge in [0.25, 0.3) is 5.91 Å². The molecule has 0 bridgehead atoms. The van der Waals surface area contributed by atoms with Crippen LogP contribution in [-0.2, 0) is 26.0 Å². The summed E-state index contributed by atoms with van der Waals surface area (Å²) in [6.45, 7) is 2.10. The van der Waals surface area contributed by atoms with Crippen molar-refractivity contribution in [3.05, 3.63) is 59.7 Å². The highest BCUT2D eigenvalue weighted by Gasteiger charge is 2.30. The molecular weight excluding hydrogens is 392 g/mol. The van der Waals surface area contributed by atoms with Crippen LogP contribution in [0.1, 0.15) is 35.7 Å². The molecule has 29 heavy (non-hydrogen) atoms. The monoisotopic (exact) mass is 414 g/mol. The molecule has 1 aliphatic heterocycles. The Hall–Kier alpha value is -2.71. The number of ether oxygens (including phenoxy) is 1. The summed E-state index contributed by atoms with van der Waals surface area (Å²) >= 11 is 0. The van der Waals surface area contributed by atoms with Gasteiger partial charge in [-0.25, -0.2) is 17.9 Å². The molecule has 8 heteroatoms. The molecule has 2 aromatic rings. The second-order valence-electron chi connectivity index (χ2n) is 7.34. The van der Waals surface area contributed by atoms with Crippen molar-refractivity contribution in [1.82, 2.24) is 4.72 Å². The van der Waals surface area contributed by atoms with Gasteiger partial charge in [0, 0.05) is 18.3 Å². The van der Waals surface area contributed by atoms with Crippen LogP contribution in [0.3, 0.4) is 0 Å². The van der Waals surface area contributed by atoms with Gasteiger partial charge in [0.1, 0.15) is 0 Å². The second kappa shape index (κ2) is 7.61. The maximum atomic E-state index is 12.7. The highest BCUT2D eigenvalue weighted by Crippen LogP contribution is 2.28. The van der Waals surface area contributed by atoms with Gasteiger partial charge in [0.15, 0.2) is 6.10 Å². The van der Waals surface area contributed by atoms with Gasteiger partial charge in [0.2, 0.25) is 10.0 Å². The zero-order valence-corrected chi connectivity index (χ0v) is 16.8. The molecule has 1 N–H and O–H groups in total. The van der Waals surface area contributed by atoms with Crippen LogP contribution in [0.25, 0.3) is 0 Å². The molecule has 1 aliphatic carbocycles. The molecule has 1 heterocycles. The fourth-order valence-electron chi connectivity index (χ4n) is 3.32. The quantitative estimate of drug-likeness (QED) is 0.732. The van der Waals surface area contributed by atoms with Crippen LogP contribution in [0.2, 0.25) is 0 Å². The van der Waals surface area contributed by atoms with E-state index >= 15 is 0 Å². The molecule has 1 amide bonds. The first-order chi connectivity index (χ1) is 13.8. The number of carbonyl (C=O) groups is 2. The van der Waals surface area contributed by atoms with Gasteiger partial charge in [-0.1, -0.05) is 18.2 Å². The SMILES string of the molecule is CC(OC(=O)c1ccc(S(=O)(=O)NC2CC2)cc1)C(=O)N1CCc2ccccc21. The molecule has 152 valence electrons. The van der Waals surface area contributed by atoms with Gasteiger partial charge < -0.3 is 9.64 Å². The number of hydrogen-bond acceptors (Lipinski definition) is 5. The zero-order chi connectivity index (χ0) is 20.6. The molecular formula is C21H22N2O5S. The molecule has 0 aromatic heterocycles. The van der Waals surface area contributed by atoms with Crippen LogP contribution in [-0.4, -0.2) is 39.0 Å². The summed E-state index contributed by atoms with van der Waals surface area (Å²) in [6.07, 6.45) is 1.51. The van der Waals surface area contributed by atoms with E-state index in [9.17, 15) is 18.0 Å². The van der Waals surface area contributed by atoms with Crippen molar-refractivity contribution in [2.75, 3.05) is 11.4 Å². The third-order valence-electron chi connectivity index (χ3n) is 5.08. The van der Waals surface area contributed by atoms with Crippen molar-refractivity contribution < 1.29 is 22.7 Å². The standard InChI is InChI=1S/C21H22N2O5S/c1-14(20(24)23-13-12-15-4-2-3-5-19(15)23)28-21(25)16-6-10-18(11-7-16)29(26,27)22-17-8-9-17/h2-7,10-11,14,17,22H,8-9,12-13H2,1H3. The molecule has 0 radical (unpaired) electrons. The Labute approximate surface area is 169 Å². The summed E-state index contributed by atoms with van der Waals surface area (Å²) in [6, 6.07) is 13.2. The average molecular weight is 414 g/mol. The number of hydrogen-bond donors (Lipinski definition) is 1. The van der Waals surface area contributed by atoms with E-state index in [1.807, 2.05) is 24.3 Å². The average Bonchev–Trinajstić information content (AvgIpc) is 3.41. The number of nitrogens with one attached hydrogen (secondary N) is 1. The third kappa shape index (κ3) is 4.18. The number of fused-ring (bicyclic) bond motifs is 1. The molecule has 1 unspecified atom stereocenters. The Bertz CT molecular complexity index is 1040. The van der Waals surface area contributed by atoms with E-state index in [1.54, 1.807) is 11.8 Å². The smallest absolute Gasteiger partial charge is 0.338 e. The van der Waals surface area contributed by atoms with Crippen LogP contribution in [0.15, 0.2) is 53.4 Å². The van der Waals surface area contributed by atoms with Crippen LogP contribution in [0.4, 0.5) is 5.69 Å². The summed E-state index contributed by atoms with van der Waals surface area (Å²) in [4.78, 5) is 26.9. The van der Waals surface area contributed by atoms with Crippen LogP contribution in [0, 0.1) is 0 Å². The Kier molecular flexibility index (Phi) is 5.14. The lowest BCUT2D eigenvalue weighted by atomic mass is 10.2. The van der Waals surface area contributed by atoms with Crippen molar-refractivity contribution >= 4 is 27.6 Å². The highest BCUT2D eigenvalue weighted by molar-refractivity contribution is 7.89. The lowest BCUT2D eigenvalue weighted by Gasteiger charge is -2.21. The molecule has 1 saturated carbocycles. The summed E-state index contributed by atoms with van der Waals surface area (Å²) < 4.78 is 32.3. The van der Waals surface area contributed by atoms with E-state index < -0.39 is 22.1 Å². The van der Waals surface area contributed by atoms with Crippen molar-refractivity contribution in [1.29, 1.82) is 0 Å². The van der Waals surface area contributed by atoms with Crippen molar-refractivity contribution in [2.45, 2.75) is 43.2 Å². The number of esters is 1. The first-order valence-electron chi connectivity index (χ1n) is 9.58. The molecule has 0 spiro atoms. The normalized spacial score (nSPS) is 16.9. The molecule has 4 rings (SSSR count). The van der Waals surface area contributed by atoms with E-state index in [0.717, 1.165) is 30.5 Å². The van der Waals surface area contributed by atoms with Crippen LogP contribution < -0.4 is 9.62 Å². The van der Waals surface area contributed by atoms with Gasteiger partial charge in [-0.15, -0.1) is 0 Å². The molecule has 0 saturated heterocycles. The first-order valence-corrected chi connectivity index (χ1v) is 11.1. The van der Waals surface area contributed by atoms with E-state index in [4.69, 9.17) is 4.74 Å². The summed E-state index contributed by atoms with van der Waals surface area (Å²) in [5, 5.41) is 0. The number of para-hydroxylation sites is 1. The van der Waals surface area contributed by atoms with E-state index in [-0.39, 0.29) is 22.4 Å². The van der Waals surface area contributed by atoms with Crippen LogP contribution in [0.5, 0.6) is 0 Å². The lowest BCUT2D eigenvalue weighted by Crippen LogP contribution is -2.39. The van der Waals surface area contributed by atoms with Crippen LogP contribution >= 0.6 is 0 Å². The molecule has 1 atom stereocenters. The molecule has 1 fully saturated rings. The Balaban J connectivity index is 1.40. The maximum Gasteiger partial charge on any atom is 0.338 e. The summed E-state index contributed by atoms with van der Waals surface area (Å²) in [5.41, 5.74) is 2.13.